The lowest BCUT2D eigenvalue weighted by Crippen LogP contribution is -2.36. The van der Waals surface area contributed by atoms with Gasteiger partial charge in [-0.25, -0.2) is 14.4 Å². The number of aromatic nitrogens is 2. The van der Waals surface area contributed by atoms with E-state index in [0.29, 0.717) is 16.7 Å². The predicted octanol–water partition coefficient (Wildman–Crippen LogP) is 4.14. The first-order valence-corrected chi connectivity index (χ1v) is 11.1. The molecule has 36 heavy (non-hydrogen) atoms. The van der Waals surface area contributed by atoms with E-state index < -0.39 is 23.5 Å². The fraction of sp³-hybridized carbons (Fsp3) is 0.143. The molecule has 0 spiro atoms. The van der Waals surface area contributed by atoms with Crippen LogP contribution in [0.25, 0.3) is 0 Å². The van der Waals surface area contributed by atoms with Crippen molar-refractivity contribution >= 4 is 17.9 Å². The zero-order chi connectivity index (χ0) is 25.7. The Morgan fingerprint density at radius 3 is 1.47 bits per heavy atom. The number of nitrogens with zero attached hydrogens (tertiary/aromatic N) is 2. The molecular weight excluding hydrogens is 460 g/mol. The first kappa shape index (κ1) is 24.4. The maximum absolute atomic E-state index is 13.8. The molecule has 8 heteroatoms. The van der Waals surface area contributed by atoms with Crippen LogP contribution in [0.15, 0.2) is 91.0 Å². The summed E-state index contributed by atoms with van der Waals surface area (Å²) in [7, 11) is 3.74. The van der Waals surface area contributed by atoms with Gasteiger partial charge in [0.1, 0.15) is 5.56 Å². The summed E-state index contributed by atoms with van der Waals surface area (Å²) in [5.41, 5.74) is -0.270. The lowest BCUT2D eigenvalue weighted by atomic mass is 9.80. The predicted molar refractivity (Wildman–Crippen MR) is 131 cm³/mol. The normalized spacial score (nSPS) is 11.0. The highest BCUT2D eigenvalue weighted by Crippen LogP contribution is 2.41. The highest BCUT2D eigenvalue weighted by molar-refractivity contribution is 6.09. The van der Waals surface area contributed by atoms with Crippen LogP contribution in [-0.4, -0.2) is 41.9 Å². The van der Waals surface area contributed by atoms with Gasteiger partial charge in [0, 0.05) is 23.7 Å². The van der Waals surface area contributed by atoms with Crippen LogP contribution in [0.1, 0.15) is 48.0 Å². The minimum Gasteiger partial charge on any atom is -0.465 e. The number of ether oxygens (including phenoxy) is 3. The molecule has 4 rings (SSSR count). The Hall–Kier alpha value is -4.72. The van der Waals surface area contributed by atoms with Gasteiger partial charge in [-0.2, -0.15) is 5.10 Å². The molecule has 0 atom stereocenters. The van der Waals surface area contributed by atoms with Crippen molar-refractivity contribution in [3.8, 4) is 0 Å². The number of carbonyl (C=O) groups excluding carboxylic acids is 3. The van der Waals surface area contributed by atoms with Crippen LogP contribution in [0, 0.1) is 0 Å². The summed E-state index contributed by atoms with van der Waals surface area (Å²) in [6.45, 7) is 0. The second kappa shape index (κ2) is 10.3. The quantitative estimate of drug-likeness (QED) is 0.221. The maximum atomic E-state index is 13.8. The lowest BCUT2D eigenvalue weighted by Gasteiger charge is -2.35. The van der Waals surface area contributed by atoms with Gasteiger partial charge in [0.25, 0.3) is 0 Å². The van der Waals surface area contributed by atoms with Gasteiger partial charge in [-0.1, -0.05) is 91.0 Å². The summed E-state index contributed by atoms with van der Waals surface area (Å²) >= 11 is 0. The maximum Gasteiger partial charge on any atom is 0.361 e. The Bertz CT molecular complexity index is 1290. The van der Waals surface area contributed by atoms with E-state index in [1.54, 1.807) is 0 Å². The van der Waals surface area contributed by atoms with E-state index in [0.717, 1.165) is 11.8 Å². The van der Waals surface area contributed by atoms with Gasteiger partial charge < -0.3 is 14.2 Å². The van der Waals surface area contributed by atoms with Gasteiger partial charge in [-0.15, -0.1) is 0 Å². The molecule has 0 radical (unpaired) electrons. The molecule has 0 aliphatic heterocycles. The van der Waals surface area contributed by atoms with Crippen molar-refractivity contribution in [1.82, 2.24) is 9.78 Å². The molecule has 0 amide bonds. The molecule has 1 heterocycles. The number of hydrogen-bond donors (Lipinski definition) is 0. The van der Waals surface area contributed by atoms with E-state index in [1.165, 1.54) is 14.2 Å². The first-order chi connectivity index (χ1) is 17.4. The van der Waals surface area contributed by atoms with Crippen molar-refractivity contribution in [3.05, 3.63) is 125 Å². The number of hydrogen-bond acceptors (Lipinski definition) is 7. The molecule has 0 saturated heterocycles. The number of rotatable bonds is 7. The summed E-state index contributed by atoms with van der Waals surface area (Å²) < 4.78 is 17.1. The van der Waals surface area contributed by atoms with Gasteiger partial charge in [0.05, 0.1) is 14.2 Å². The molecule has 0 fully saturated rings. The Kier molecular flexibility index (Phi) is 6.96. The van der Waals surface area contributed by atoms with Crippen molar-refractivity contribution < 1.29 is 28.6 Å². The monoisotopic (exact) mass is 484 g/mol. The van der Waals surface area contributed by atoms with E-state index in [2.05, 4.69) is 5.10 Å². The largest absolute Gasteiger partial charge is 0.465 e. The number of benzene rings is 3. The number of esters is 3. The Morgan fingerprint density at radius 1 is 0.667 bits per heavy atom. The molecule has 0 bridgehead atoms. The van der Waals surface area contributed by atoms with E-state index in [9.17, 15) is 14.4 Å². The summed E-state index contributed by atoms with van der Waals surface area (Å²) in [6, 6.07) is 27.8. The SMILES string of the molecule is COC(=O)c1c(C(=O)OC(c2ccccc2)(c2ccccc2)c2ccccc2)nn(C)c1C(=O)OC. The lowest BCUT2D eigenvalue weighted by molar-refractivity contribution is 0.0129. The highest BCUT2D eigenvalue weighted by Gasteiger charge is 2.43. The van der Waals surface area contributed by atoms with E-state index >= 15 is 0 Å². The van der Waals surface area contributed by atoms with Crippen LogP contribution in [0.5, 0.6) is 0 Å². The Balaban J connectivity index is 1.96. The first-order valence-electron chi connectivity index (χ1n) is 11.1. The van der Waals surface area contributed by atoms with Crippen LogP contribution < -0.4 is 0 Å². The molecule has 0 N–H and O–H groups in total. The number of carbonyl (C=O) groups is 3. The number of methoxy groups -OCH3 is 2. The Morgan fingerprint density at radius 2 is 1.08 bits per heavy atom. The van der Waals surface area contributed by atoms with Crippen molar-refractivity contribution in [2.75, 3.05) is 14.2 Å². The molecule has 4 aromatic rings. The Labute approximate surface area is 208 Å². The molecule has 0 aliphatic carbocycles. The molecular formula is C28H24N2O6. The van der Waals surface area contributed by atoms with E-state index in [4.69, 9.17) is 14.2 Å². The second-order valence-corrected chi connectivity index (χ2v) is 7.85. The molecule has 8 nitrogen and oxygen atoms in total. The average Bonchev–Trinajstić information content (AvgIpc) is 3.29. The molecule has 0 aliphatic rings. The smallest absolute Gasteiger partial charge is 0.361 e. The van der Waals surface area contributed by atoms with Gasteiger partial charge in [0.15, 0.2) is 17.0 Å². The second-order valence-electron chi connectivity index (χ2n) is 7.85. The van der Waals surface area contributed by atoms with Gasteiger partial charge in [-0.3, -0.25) is 4.68 Å². The highest BCUT2D eigenvalue weighted by atomic mass is 16.6. The van der Waals surface area contributed by atoms with Crippen LogP contribution in [0.2, 0.25) is 0 Å². The zero-order valence-corrected chi connectivity index (χ0v) is 20.0. The van der Waals surface area contributed by atoms with Gasteiger partial charge in [0.2, 0.25) is 0 Å². The fourth-order valence-corrected chi connectivity index (χ4v) is 4.18. The van der Waals surface area contributed by atoms with Crippen LogP contribution in [0.3, 0.4) is 0 Å². The van der Waals surface area contributed by atoms with Crippen LogP contribution in [-0.2, 0) is 26.9 Å². The molecule has 0 unspecified atom stereocenters. The summed E-state index contributed by atoms with van der Waals surface area (Å²) in [6.07, 6.45) is 0. The van der Waals surface area contributed by atoms with E-state index in [1.807, 2.05) is 91.0 Å². The topological polar surface area (TPSA) is 96.7 Å². The standard InChI is InChI=1S/C28H24N2O6/c1-30-24(27(33)35-3)22(25(31)34-2)23(29-30)26(32)36-28(19-13-7-4-8-14-19,20-15-9-5-10-16-20)21-17-11-6-12-18-21/h4-18H,1-3H3. The van der Waals surface area contributed by atoms with Crippen LogP contribution in [0.4, 0.5) is 0 Å². The van der Waals surface area contributed by atoms with Crippen molar-refractivity contribution in [2.45, 2.75) is 5.60 Å². The summed E-state index contributed by atoms with van der Waals surface area (Å²) in [5.74, 6) is -2.68. The number of aryl methyl sites for hydroxylation is 1. The van der Waals surface area contributed by atoms with Gasteiger partial charge in [-0.05, 0) is 0 Å². The molecule has 182 valence electrons. The van der Waals surface area contributed by atoms with Crippen LogP contribution >= 0.6 is 0 Å². The fourth-order valence-electron chi connectivity index (χ4n) is 4.18. The minimum absolute atomic E-state index is 0.221. The third-order valence-electron chi connectivity index (χ3n) is 5.80. The van der Waals surface area contributed by atoms with Crippen molar-refractivity contribution in [3.63, 3.8) is 0 Å². The summed E-state index contributed by atoms with van der Waals surface area (Å²) in [5, 5.41) is 4.15. The molecule has 1 aromatic heterocycles. The third kappa shape index (κ3) is 4.24. The van der Waals surface area contributed by atoms with E-state index in [-0.39, 0.29) is 17.0 Å². The molecule has 3 aromatic carbocycles. The third-order valence-corrected chi connectivity index (χ3v) is 5.80. The van der Waals surface area contributed by atoms with Gasteiger partial charge >= 0.3 is 17.9 Å². The minimum atomic E-state index is -1.39. The molecule has 0 saturated carbocycles. The summed E-state index contributed by atoms with van der Waals surface area (Å²) in [4.78, 5) is 38.9. The van der Waals surface area contributed by atoms with Crippen molar-refractivity contribution in [1.29, 1.82) is 0 Å². The average molecular weight is 485 g/mol. The zero-order valence-electron chi connectivity index (χ0n) is 20.0. The van der Waals surface area contributed by atoms with Crippen molar-refractivity contribution in [2.24, 2.45) is 7.05 Å².